The Kier molecular flexibility index (Phi) is 4.57. The summed E-state index contributed by atoms with van der Waals surface area (Å²) in [6.45, 7) is 0.296. The van der Waals surface area contributed by atoms with Crippen LogP contribution in [0, 0.1) is 0 Å². The lowest BCUT2D eigenvalue weighted by atomic mass is 10.0. The topological polar surface area (TPSA) is 76.1 Å². The van der Waals surface area contributed by atoms with Crippen LogP contribution in [0.5, 0.6) is 0 Å². The minimum absolute atomic E-state index is 0.221. The minimum Gasteiger partial charge on any atom is -0.348 e. The zero-order chi connectivity index (χ0) is 19.7. The second-order valence-electron chi connectivity index (χ2n) is 6.64. The van der Waals surface area contributed by atoms with E-state index in [9.17, 15) is 13.2 Å². The molecule has 0 saturated heterocycles. The summed E-state index contributed by atoms with van der Waals surface area (Å²) in [5.74, 6) is -0.221. The number of nitrogens with zero attached hydrogens (tertiary/aromatic N) is 1. The summed E-state index contributed by atoms with van der Waals surface area (Å²) in [5, 5.41) is 5.87. The van der Waals surface area contributed by atoms with E-state index in [1.165, 1.54) is 6.26 Å². The van der Waals surface area contributed by atoms with E-state index in [-0.39, 0.29) is 10.8 Å². The Hall–Kier alpha value is -3.25. The molecule has 3 aromatic carbocycles. The fourth-order valence-corrected chi connectivity index (χ4v) is 3.86. The van der Waals surface area contributed by atoms with Crippen LogP contribution in [-0.4, -0.2) is 25.6 Å². The number of fused-ring (bicyclic) bond motifs is 3. The monoisotopic (exact) mass is 390 g/mol. The van der Waals surface area contributed by atoms with Gasteiger partial charge in [-0.2, -0.15) is 0 Å². The van der Waals surface area contributed by atoms with Crippen LogP contribution in [-0.2, 0) is 16.4 Å². The average molecular weight is 390 g/mol. The van der Waals surface area contributed by atoms with Crippen molar-refractivity contribution in [2.75, 3.05) is 6.26 Å². The van der Waals surface area contributed by atoms with Crippen molar-refractivity contribution in [3.8, 4) is 0 Å². The van der Waals surface area contributed by atoms with Gasteiger partial charge in [0.05, 0.1) is 16.0 Å². The smallest absolute Gasteiger partial charge is 0.253 e. The van der Waals surface area contributed by atoms with Crippen molar-refractivity contribution in [1.82, 2.24) is 10.3 Å². The first-order valence-electron chi connectivity index (χ1n) is 8.77. The molecule has 0 unspecified atom stereocenters. The number of sulfone groups is 1. The minimum atomic E-state index is -3.23. The van der Waals surface area contributed by atoms with Gasteiger partial charge in [-0.15, -0.1) is 0 Å². The Balaban J connectivity index is 1.64. The average Bonchev–Trinajstić information content (AvgIpc) is 2.71. The lowest BCUT2D eigenvalue weighted by molar-refractivity contribution is 0.0952. The third-order valence-corrected chi connectivity index (χ3v) is 5.79. The molecule has 0 saturated carbocycles. The van der Waals surface area contributed by atoms with Crippen LogP contribution in [0.15, 0.2) is 77.8 Å². The van der Waals surface area contributed by atoms with Crippen molar-refractivity contribution in [2.24, 2.45) is 0 Å². The molecule has 0 spiro atoms. The normalized spacial score (nSPS) is 11.6. The zero-order valence-corrected chi connectivity index (χ0v) is 16.0. The van der Waals surface area contributed by atoms with Gasteiger partial charge in [-0.3, -0.25) is 9.78 Å². The van der Waals surface area contributed by atoms with Gasteiger partial charge in [0.15, 0.2) is 9.84 Å². The number of hydrogen-bond acceptors (Lipinski definition) is 4. The lowest BCUT2D eigenvalue weighted by Crippen LogP contribution is -2.23. The van der Waals surface area contributed by atoms with Crippen LogP contribution in [0.3, 0.4) is 0 Å². The Morgan fingerprint density at radius 3 is 2.43 bits per heavy atom. The molecule has 4 rings (SSSR count). The number of amides is 1. The van der Waals surface area contributed by atoms with Crippen molar-refractivity contribution in [3.63, 3.8) is 0 Å². The molecule has 5 nitrogen and oxygen atoms in total. The molecule has 1 heterocycles. The molecule has 0 aliphatic heterocycles. The summed E-state index contributed by atoms with van der Waals surface area (Å²) in [4.78, 5) is 17.5. The van der Waals surface area contributed by atoms with E-state index in [1.54, 1.807) is 30.5 Å². The van der Waals surface area contributed by atoms with E-state index in [0.717, 1.165) is 21.7 Å². The summed E-state index contributed by atoms with van der Waals surface area (Å²) in [6.07, 6.45) is 2.85. The Morgan fingerprint density at radius 2 is 1.68 bits per heavy atom. The zero-order valence-electron chi connectivity index (χ0n) is 15.2. The maximum absolute atomic E-state index is 12.9. The first-order valence-corrected chi connectivity index (χ1v) is 10.7. The summed E-state index contributed by atoms with van der Waals surface area (Å²) < 4.78 is 23.1. The lowest BCUT2D eigenvalue weighted by Gasteiger charge is -2.10. The summed E-state index contributed by atoms with van der Waals surface area (Å²) in [5.41, 5.74) is 1.99. The van der Waals surface area contributed by atoms with Gasteiger partial charge in [-0.05, 0) is 40.6 Å². The number of carbonyl (C=O) groups excluding carboxylic acids is 1. The number of carbonyl (C=O) groups is 1. The molecule has 0 radical (unpaired) electrons. The van der Waals surface area contributed by atoms with Gasteiger partial charge in [0.25, 0.3) is 5.91 Å². The second kappa shape index (κ2) is 7.05. The van der Waals surface area contributed by atoms with E-state index >= 15 is 0 Å². The van der Waals surface area contributed by atoms with E-state index < -0.39 is 9.84 Å². The van der Waals surface area contributed by atoms with Gasteiger partial charge >= 0.3 is 0 Å². The Bertz CT molecular complexity index is 1300. The molecule has 0 atom stereocenters. The molecule has 4 aromatic rings. The largest absolute Gasteiger partial charge is 0.348 e. The van der Waals surface area contributed by atoms with Crippen molar-refractivity contribution < 1.29 is 13.2 Å². The Morgan fingerprint density at radius 1 is 0.964 bits per heavy atom. The molecular formula is C22H18N2O3S. The van der Waals surface area contributed by atoms with E-state index in [4.69, 9.17) is 0 Å². The molecule has 1 N–H and O–H groups in total. The van der Waals surface area contributed by atoms with Gasteiger partial charge in [0.1, 0.15) is 0 Å². The predicted octanol–water partition coefficient (Wildman–Crippen LogP) is 3.72. The van der Waals surface area contributed by atoms with Gasteiger partial charge < -0.3 is 5.32 Å². The van der Waals surface area contributed by atoms with Crippen LogP contribution >= 0.6 is 0 Å². The molecule has 0 aliphatic carbocycles. The number of nitrogens with one attached hydrogen (secondary N) is 1. The van der Waals surface area contributed by atoms with Crippen molar-refractivity contribution >= 4 is 37.4 Å². The van der Waals surface area contributed by atoms with E-state index in [2.05, 4.69) is 10.3 Å². The third-order valence-electron chi connectivity index (χ3n) is 4.66. The maximum Gasteiger partial charge on any atom is 0.253 e. The number of benzene rings is 3. The van der Waals surface area contributed by atoms with Gasteiger partial charge in [0.2, 0.25) is 0 Å². The SMILES string of the molecule is CS(=O)(=O)c1ccc(CNC(=O)c2cc3ccccc3c3cccnc23)cc1. The molecule has 1 aromatic heterocycles. The molecule has 140 valence electrons. The molecule has 28 heavy (non-hydrogen) atoms. The summed E-state index contributed by atoms with van der Waals surface area (Å²) in [7, 11) is -3.23. The fourth-order valence-electron chi connectivity index (χ4n) is 3.23. The van der Waals surface area contributed by atoms with Gasteiger partial charge in [-0.1, -0.05) is 42.5 Å². The summed E-state index contributed by atoms with van der Waals surface area (Å²) in [6, 6.07) is 20.1. The van der Waals surface area contributed by atoms with Crippen molar-refractivity contribution in [2.45, 2.75) is 11.4 Å². The molecular weight excluding hydrogens is 372 g/mol. The number of aromatic nitrogens is 1. The highest BCUT2D eigenvalue weighted by atomic mass is 32.2. The van der Waals surface area contributed by atoms with Crippen LogP contribution in [0.25, 0.3) is 21.7 Å². The number of pyridine rings is 1. The van der Waals surface area contributed by atoms with Crippen LogP contribution in [0.4, 0.5) is 0 Å². The molecule has 1 amide bonds. The van der Waals surface area contributed by atoms with E-state index in [0.29, 0.717) is 17.6 Å². The van der Waals surface area contributed by atoms with Gasteiger partial charge in [-0.25, -0.2) is 8.42 Å². The van der Waals surface area contributed by atoms with E-state index in [1.807, 2.05) is 42.5 Å². The van der Waals surface area contributed by atoms with Crippen LogP contribution in [0.1, 0.15) is 15.9 Å². The van der Waals surface area contributed by atoms with Crippen LogP contribution < -0.4 is 5.32 Å². The number of rotatable bonds is 4. The first kappa shape index (κ1) is 18.1. The predicted molar refractivity (Wildman–Crippen MR) is 110 cm³/mol. The molecule has 0 bridgehead atoms. The third kappa shape index (κ3) is 3.46. The van der Waals surface area contributed by atoms with Crippen molar-refractivity contribution in [3.05, 3.63) is 84.1 Å². The molecule has 0 fully saturated rings. The molecule has 0 aliphatic rings. The highest BCUT2D eigenvalue weighted by Crippen LogP contribution is 2.27. The first-order chi connectivity index (χ1) is 13.4. The highest BCUT2D eigenvalue weighted by molar-refractivity contribution is 7.90. The van der Waals surface area contributed by atoms with Crippen molar-refractivity contribution in [1.29, 1.82) is 0 Å². The molecule has 6 heteroatoms. The van der Waals surface area contributed by atoms with Gasteiger partial charge in [0, 0.05) is 24.4 Å². The quantitative estimate of drug-likeness (QED) is 0.539. The number of hydrogen-bond donors (Lipinski definition) is 1. The second-order valence-corrected chi connectivity index (χ2v) is 8.66. The highest BCUT2D eigenvalue weighted by Gasteiger charge is 2.14. The fraction of sp³-hybridized carbons (Fsp3) is 0.0909. The summed E-state index contributed by atoms with van der Waals surface area (Å²) >= 11 is 0. The standard InChI is InChI=1S/C22H18N2O3S/c1-28(26,27)17-10-8-15(9-11-17)14-24-22(25)20-13-16-5-2-3-6-18(16)19-7-4-12-23-21(19)20/h2-13H,14H2,1H3,(H,24,25). The maximum atomic E-state index is 12.9. The Labute approximate surface area is 163 Å². The van der Waals surface area contributed by atoms with Crippen LogP contribution in [0.2, 0.25) is 0 Å².